The molecule has 35 heavy (non-hydrogen) atoms. The molecule has 0 atom stereocenters. The van der Waals surface area contributed by atoms with Crippen molar-refractivity contribution in [2.24, 2.45) is 5.10 Å². The summed E-state index contributed by atoms with van der Waals surface area (Å²) in [5.41, 5.74) is 11.0. The van der Waals surface area contributed by atoms with Crippen molar-refractivity contribution in [2.45, 2.75) is 33.1 Å². The Labute approximate surface area is 202 Å². The Morgan fingerprint density at radius 1 is 0.886 bits per heavy atom. The molecule has 3 N–H and O–H groups in total. The number of fused-ring (bicyclic) bond motifs is 1. The van der Waals surface area contributed by atoms with Crippen LogP contribution in [0.25, 0.3) is 0 Å². The summed E-state index contributed by atoms with van der Waals surface area (Å²) < 4.78 is 11.0. The average molecular weight is 475 g/mol. The van der Waals surface area contributed by atoms with Gasteiger partial charge in [-0.25, -0.2) is 5.43 Å². The maximum atomic E-state index is 12.8. The largest absolute Gasteiger partial charge is 0.496 e. The normalized spacial score (nSPS) is 13.6. The van der Waals surface area contributed by atoms with Crippen molar-refractivity contribution in [1.82, 2.24) is 16.3 Å². The molecular formula is C26H26N4O5. The molecule has 4 rings (SSSR count). The number of hydrogen-bond acceptors (Lipinski definition) is 6. The molecule has 1 aromatic heterocycles. The van der Waals surface area contributed by atoms with Crippen LogP contribution in [0, 0.1) is 13.8 Å². The average Bonchev–Trinajstić information content (AvgIpc) is 3.22. The number of aryl methyl sites for hydroxylation is 2. The van der Waals surface area contributed by atoms with Crippen molar-refractivity contribution in [2.75, 3.05) is 7.11 Å². The third-order valence-corrected chi connectivity index (χ3v) is 5.86. The van der Waals surface area contributed by atoms with Crippen molar-refractivity contribution in [3.8, 4) is 5.75 Å². The van der Waals surface area contributed by atoms with Crippen LogP contribution in [0.1, 0.15) is 66.6 Å². The number of hydrazone groups is 1. The third kappa shape index (κ3) is 4.93. The molecule has 0 bridgehead atoms. The van der Waals surface area contributed by atoms with Crippen LogP contribution in [0.15, 0.2) is 58.0 Å². The zero-order valence-electron chi connectivity index (χ0n) is 19.7. The first-order valence-electron chi connectivity index (χ1n) is 11.2. The Morgan fingerprint density at radius 3 is 2.31 bits per heavy atom. The van der Waals surface area contributed by atoms with Crippen LogP contribution in [0.3, 0.4) is 0 Å². The summed E-state index contributed by atoms with van der Waals surface area (Å²) in [6.07, 6.45) is 2.04. The molecule has 9 heteroatoms. The molecule has 0 radical (unpaired) electrons. The summed E-state index contributed by atoms with van der Waals surface area (Å²) in [4.78, 5) is 37.9. The van der Waals surface area contributed by atoms with Gasteiger partial charge in [0.15, 0.2) is 5.76 Å². The number of hydrogen-bond donors (Lipinski definition) is 3. The number of hydrazine groups is 1. The highest BCUT2D eigenvalue weighted by Gasteiger charge is 2.28. The van der Waals surface area contributed by atoms with Gasteiger partial charge in [-0.05, 0) is 50.5 Å². The van der Waals surface area contributed by atoms with Crippen molar-refractivity contribution in [3.05, 3.63) is 87.9 Å². The van der Waals surface area contributed by atoms with Crippen molar-refractivity contribution in [3.63, 3.8) is 0 Å². The number of nitrogens with zero attached hydrogens (tertiary/aromatic N) is 1. The van der Waals surface area contributed by atoms with E-state index in [9.17, 15) is 14.4 Å². The number of carbonyl (C=O) groups is 3. The minimum Gasteiger partial charge on any atom is -0.496 e. The van der Waals surface area contributed by atoms with Crippen LogP contribution >= 0.6 is 0 Å². The summed E-state index contributed by atoms with van der Waals surface area (Å²) in [6, 6.07) is 13.9. The van der Waals surface area contributed by atoms with E-state index in [0.717, 1.165) is 12.0 Å². The van der Waals surface area contributed by atoms with E-state index in [-0.39, 0.29) is 17.2 Å². The highest BCUT2D eigenvalue weighted by Crippen LogP contribution is 2.30. The molecule has 3 aromatic rings. The lowest BCUT2D eigenvalue weighted by Gasteiger charge is -2.13. The Hall–Kier alpha value is -4.40. The minimum atomic E-state index is -0.594. The molecule has 0 saturated heterocycles. The van der Waals surface area contributed by atoms with E-state index in [0.29, 0.717) is 46.8 Å². The maximum absolute atomic E-state index is 12.8. The van der Waals surface area contributed by atoms with Gasteiger partial charge >= 0.3 is 5.91 Å². The summed E-state index contributed by atoms with van der Waals surface area (Å²) in [6.45, 7) is 3.61. The maximum Gasteiger partial charge on any atom is 0.305 e. The van der Waals surface area contributed by atoms with Crippen molar-refractivity contribution >= 4 is 23.4 Å². The monoisotopic (exact) mass is 474 g/mol. The second-order valence-electron chi connectivity index (χ2n) is 8.13. The van der Waals surface area contributed by atoms with E-state index < -0.39 is 11.8 Å². The summed E-state index contributed by atoms with van der Waals surface area (Å²) >= 11 is 0. The number of methoxy groups -OCH3 is 1. The molecule has 0 saturated carbocycles. The smallest absolute Gasteiger partial charge is 0.305 e. The van der Waals surface area contributed by atoms with Crippen LogP contribution in [0.5, 0.6) is 5.75 Å². The molecule has 1 heterocycles. The number of nitrogens with one attached hydrogen (secondary N) is 3. The summed E-state index contributed by atoms with van der Waals surface area (Å²) in [5, 5.41) is 4.35. The van der Waals surface area contributed by atoms with Crippen LogP contribution in [-0.2, 0) is 6.42 Å². The molecule has 0 fully saturated rings. The molecule has 2 aromatic carbocycles. The van der Waals surface area contributed by atoms with Crippen LogP contribution in [0.2, 0.25) is 0 Å². The van der Waals surface area contributed by atoms with Gasteiger partial charge in [0.2, 0.25) is 0 Å². The first kappa shape index (κ1) is 23.7. The van der Waals surface area contributed by atoms with Crippen LogP contribution in [0.4, 0.5) is 0 Å². The molecule has 0 spiro atoms. The Balaban J connectivity index is 1.49. The summed E-state index contributed by atoms with van der Waals surface area (Å²) in [5.74, 6) is -0.332. The number of benzene rings is 2. The zero-order chi connectivity index (χ0) is 24.9. The van der Waals surface area contributed by atoms with E-state index in [4.69, 9.17) is 9.15 Å². The topological polar surface area (TPSA) is 122 Å². The number of ether oxygens (including phenoxy) is 1. The second kappa shape index (κ2) is 10.3. The molecule has 0 aliphatic heterocycles. The van der Waals surface area contributed by atoms with E-state index in [1.807, 2.05) is 19.1 Å². The predicted octanol–water partition coefficient (Wildman–Crippen LogP) is 3.45. The first-order chi connectivity index (χ1) is 16.9. The lowest BCUT2D eigenvalue weighted by Crippen LogP contribution is -2.41. The number of furan rings is 1. The van der Waals surface area contributed by atoms with Gasteiger partial charge in [-0.3, -0.25) is 25.2 Å². The van der Waals surface area contributed by atoms with Gasteiger partial charge in [-0.1, -0.05) is 30.3 Å². The quantitative estimate of drug-likeness (QED) is 0.489. The molecule has 1 aliphatic rings. The standard InChI is InChI=1S/C26H26N4O5/c1-15-9-4-5-10-17(15)24(31)28-27-19-12-8-14-21-22(19)16(2)23(35-21)26(33)30-29-25(32)18-11-6-7-13-20(18)34-3/h4-7,9-11,13H,8,12,14H2,1-3H3,(H,28,31)(H,29,32)(H,30,33)/b27-19+. The van der Waals surface area contributed by atoms with Crippen LogP contribution < -0.4 is 21.0 Å². The van der Waals surface area contributed by atoms with E-state index in [1.165, 1.54) is 7.11 Å². The van der Waals surface area contributed by atoms with E-state index >= 15 is 0 Å². The second-order valence-corrected chi connectivity index (χ2v) is 8.13. The summed E-state index contributed by atoms with van der Waals surface area (Å²) in [7, 11) is 1.46. The molecule has 3 amide bonds. The number of rotatable bonds is 5. The van der Waals surface area contributed by atoms with Gasteiger partial charge in [0, 0.05) is 23.1 Å². The Morgan fingerprint density at radius 2 is 1.57 bits per heavy atom. The van der Waals surface area contributed by atoms with Crippen molar-refractivity contribution in [1.29, 1.82) is 0 Å². The molecule has 180 valence electrons. The Bertz CT molecular complexity index is 1330. The van der Waals surface area contributed by atoms with Crippen molar-refractivity contribution < 1.29 is 23.5 Å². The van der Waals surface area contributed by atoms with Gasteiger partial charge < -0.3 is 9.15 Å². The number of carbonyl (C=O) groups excluding carboxylic acids is 3. The molecular weight excluding hydrogens is 448 g/mol. The fraction of sp³-hybridized carbons (Fsp3) is 0.231. The highest BCUT2D eigenvalue weighted by molar-refractivity contribution is 6.07. The Kier molecular flexibility index (Phi) is 6.96. The van der Waals surface area contributed by atoms with E-state index in [2.05, 4.69) is 21.4 Å². The minimum absolute atomic E-state index is 0.0788. The number of para-hydroxylation sites is 1. The fourth-order valence-electron chi connectivity index (χ4n) is 4.07. The zero-order valence-corrected chi connectivity index (χ0v) is 19.7. The number of amides is 3. The van der Waals surface area contributed by atoms with Gasteiger partial charge in [0.1, 0.15) is 11.5 Å². The van der Waals surface area contributed by atoms with E-state index in [1.54, 1.807) is 43.3 Å². The van der Waals surface area contributed by atoms with Gasteiger partial charge in [0.25, 0.3) is 11.8 Å². The predicted molar refractivity (Wildman–Crippen MR) is 129 cm³/mol. The highest BCUT2D eigenvalue weighted by atomic mass is 16.5. The van der Waals surface area contributed by atoms with Gasteiger partial charge in [0.05, 0.1) is 18.4 Å². The first-order valence-corrected chi connectivity index (χ1v) is 11.2. The molecule has 0 unspecified atom stereocenters. The lowest BCUT2D eigenvalue weighted by molar-refractivity contribution is 0.0827. The molecule has 1 aliphatic carbocycles. The van der Waals surface area contributed by atoms with Crippen LogP contribution in [-0.4, -0.2) is 30.5 Å². The fourth-order valence-corrected chi connectivity index (χ4v) is 4.07. The van der Waals surface area contributed by atoms with Gasteiger partial charge in [-0.15, -0.1) is 0 Å². The SMILES string of the molecule is COc1ccccc1C(=O)NNC(=O)c1oc2c(c1C)/C(=N/NC(=O)c1ccccc1C)CCC2. The lowest BCUT2D eigenvalue weighted by atomic mass is 9.93. The van der Waals surface area contributed by atoms with Gasteiger partial charge in [-0.2, -0.15) is 5.10 Å². The third-order valence-electron chi connectivity index (χ3n) is 5.86. The molecule has 9 nitrogen and oxygen atoms in total.